The zero-order valence-electron chi connectivity index (χ0n) is 12.0. The molecule has 112 valence electrons. The van der Waals surface area contributed by atoms with E-state index in [4.69, 9.17) is 17.3 Å². The van der Waals surface area contributed by atoms with Gasteiger partial charge in [0.15, 0.2) is 5.13 Å². The summed E-state index contributed by atoms with van der Waals surface area (Å²) in [5.74, 6) is -0.218. The second-order valence-electron chi connectivity index (χ2n) is 5.14. The number of carbonyl (C=O) groups is 1. The Kier molecular flexibility index (Phi) is 4.98. The summed E-state index contributed by atoms with van der Waals surface area (Å²) in [4.78, 5) is 16.5. The largest absolute Gasteiger partial charge is 0.318 e. The van der Waals surface area contributed by atoms with Gasteiger partial charge in [0.2, 0.25) is 5.91 Å². The van der Waals surface area contributed by atoms with Crippen LogP contribution in [-0.2, 0) is 4.79 Å². The van der Waals surface area contributed by atoms with E-state index in [2.05, 4.69) is 10.3 Å². The number of hydrogen-bond acceptors (Lipinski definition) is 4. The van der Waals surface area contributed by atoms with Crippen LogP contribution in [0.3, 0.4) is 0 Å². The third kappa shape index (κ3) is 3.81. The van der Waals surface area contributed by atoms with Crippen molar-refractivity contribution >= 4 is 34.0 Å². The lowest BCUT2D eigenvalue weighted by atomic mass is 9.97. The monoisotopic (exact) mass is 323 g/mol. The van der Waals surface area contributed by atoms with Crippen LogP contribution in [0.4, 0.5) is 5.13 Å². The van der Waals surface area contributed by atoms with Gasteiger partial charge in [-0.25, -0.2) is 4.98 Å². The van der Waals surface area contributed by atoms with Gasteiger partial charge in [-0.15, -0.1) is 11.3 Å². The highest BCUT2D eigenvalue weighted by Gasteiger charge is 2.27. The van der Waals surface area contributed by atoms with E-state index in [0.717, 1.165) is 17.7 Å². The molecule has 0 bridgehead atoms. The number of nitrogens with two attached hydrogens (primary N) is 1. The molecule has 1 amide bonds. The fourth-order valence-corrected chi connectivity index (χ4v) is 2.93. The van der Waals surface area contributed by atoms with Crippen LogP contribution >= 0.6 is 22.9 Å². The Bertz CT molecular complexity index is 639. The molecule has 6 heteroatoms. The average Bonchev–Trinajstić information content (AvgIpc) is 2.87. The van der Waals surface area contributed by atoms with Crippen LogP contribution in [-0.4, -0.2) is 16.4 Å². The number of aromatic nitrogens is 1. The van der Waals surface area contributed by atoms with Crippen LogP contribution in [0.15, 0.2) is 29.6 Å². The van der Waals surface area contributed by atoms with Crippen molar-refractivity contribution in [3.63, 3.8) is 0 Å². The lowest BCUT2D eigenvalue weighted by Gasteiger charge is -2.21. The van der Waals surface area contributed by atoms with Crippen LogP contribution in [0.5, 0.6) is 0 Å². The second-order valence-corrected chi connectivity index (χ2v) is 6.40. The topological polar surface area (TPSA) is 68.0 Å². The first-order valence-electron chi connectivity index (χ1n) is 6.75. The third-order valence-corrected chi connectivity index (χ3v) is 4.25. The number of anilines is 1. The molecular formula is C15H18ClN3OS. The van der Waals surface area contributed by atoms with E-state index < -0.39 is 5.54 Å². The summed E-state index contributed by atoms with van der Waals surface area (Å²) in [7, 11) is 0. The average molecular weight is 324 g/mol. The van der Waals surface area contributed by atoms with E-state index in [9.17, 15) is 4.79 Å². The van der Waals surface area contributed by atoms with Gasteiger partial charge in [-0.3, -0.25) is 4.79 Å². The third-order valence-electron chi connectivity index (χ3n) is 3.16. The molecule has 3 N–H and O–H groups in total. The minimum atomic E-state index is -0.884. The van der Waals surface area contributed by atoms with Crippen molar-refractivity contribution in [3.05, 3.63) is 34.7 Å². The van der Waals surface area contributed by atoms with Gasteiger partial charge in [0.1, 0.15) is 0 Å². The number of nitrogens with zero attached hydrogens (tertiary/aromatic N) is 1. The molecule has 0 aliphatic carbocycles. The summed E-state index contributed by atoms with van der Waals surface area (Å²) in [6.45, 7) is 3.73. The first-order chi connectivity index (χ1) is 9.94. The van der Waals surface area contributed by atoms with E-state index in [-0.39, 0.29) is 5.91 Å². The maximum absolute atomic E-state index is 12.1. The van der Waals surface area contributed by atoms with Crippen LogP contribution in [0, 0.1) is 0 Å². The molecular weight excluding hydrogens is 306 g/mol. The van der Waals surface area contributed by atoms with Crippen LogP contribution < -0.4 is 11.1 Å². The predicted molar refractivity (Wildman–Crippen MR) is 88.7 cm³/mol. The molecule has 1 aromatic carbocycles. The summed E-state index contributed by atoms with van der Waals surface area (Å²) in [5, 5.41) is 5.81. The summed E-state index contributed by atoms with van der Waals surface area (Å²) in [6, 6.07) is 7.47. The fraction of sp³-hybridized carbons (Fsp3) is 0.333. The maximum atomic E-state index is 12.1. The highest BCUT2D eigenvalue weighted by Crippen LogP contribution is 2.30. The number of hydrogen-bond donors (Lipinski definition) is 2. The van der Waals surface area contributed by atoms with Gasteiger partial charge in [0, 0.05) is 16.0 Å². The number of amides is 1. The van der Waals surface area contributed by atoms with Crippen LogP contribution in [0.25, 0.3) is 11.3 Å². The van der Waals surface area contributed by atoms with E-state index in [1.54, 1.807) is 6.92 Å². The molecule has 1 atom stereocenters. The maximum Gasteiger partial charge on any atom is 0.245 e. The van der Waals surface area contributed by atoms with Gasteiger partial charge in [0.25, 0.3) is 0 Å². The molecule has 2 aromatic rings. The molecule has 0 saturated heterocycles. The molecule has 0 saturated carbocycles. The van der Waals surface area contributed by atoms with Crippen LogP contribution in [0.1, 0.15) is 26.7 Å². The quantitative estimate of drug-likeness (QED) is 0.876. The standard InChI is InChI=1S/C15H18ClN3OS/c1-3-8-15(2,17)13(20)19-14-18-12(9-21-14)10-6-4-5-7-11(10)16/h4-7,9H,3,8,17H2,1-2H3,(H,18,19,20). The van der Waals surface area contributed by atoms with Gasteiger partial charge >= 0.3 is 0 Å². The Morgan fingerprint density at radius 2 is 2.19 bits per heavy atom. The number of rotatable bonds is 5. The van der Waals surface area contributed by atoms with E-state index in [0.29, 0.717) is 16.6 Å². The zero-order chi connectivity index (χ0) is 15.5. The molecule has 0 aliphatic heterocycles. The molecule has 0 radical (unpaired) electrons. The van der Waals surface area contributed by atoms with E-state index >= 15 is 0 Å². The van der Waals surface area contributed by atoms with Crippen molar-refractivity contribution in [1.29, 1.82) is 0 Å². The van der Waals surface area contributed by atoms with Gasteiger partial charge in [-0.1, -0.05) is 43.1 Å². The summed E-state index contributed by atoms with van der Waals surface area (Å²) in [6.07, 6.45) is 1.48. The molecule has 21 heavy (non-hydrogen) atoms. The summed E-state index contributed by atoms with van der Waals surface area (Å²) in [5.41, 5.74) is 6.71. The van der Waals surface area contributed by atoms with Crippen molar-refractivity contribution in [2.24, 2.45) is 5.73 Å². The van der Waals surface area contributed by atoms with Gasteiger partial charge < -0.3 is 11.1 Å². The molecule has 1 heterocycles. The molecule has 1 aromatic heterocycles. The Hall–Kier alpha value is -1.43. The Morgan fingerprint density at radius 3 is 2.86 bits per heavy atom. The lowest BCUT2D eigenvalue weighted by Crippen LogP contribution is -2.48. The first kappa shape index (κ1) is 15.9. The van der Waals surface area contributed by atoms with Crippen LogP contribution in [0.2, 0.25) is 5.02 Å². The molecule has 4 nitrogen and oxygen atoms in total. The minimum absolute atomic E-state index is 0.218. The number of benzene rings is 1. The molecule has 0 fully saturated rings. The van der Waals surface area contributed by atoms with Gasteiger partial charge in [-0.05, 0) is 19.4 Å². The van der Waals surface area contributed by atoms with E-state index in [1.165, 1.54) is 11.3 Å². The van der Waals surface area contributed by atoms with Gasteiger partial charge in [0.05, 0.1) is 11.2 Å². The first-order valence-corrected chi connectivity index (χ1v) is 8.00. The number of carbonyl (C=O) groups excluding carboxylic acids is 1. The highest BCUT2D eigenvalue weighted by molar-refractivity contribution is 7.14. The second kappa shape index (κ2) is 6.56. The zero-order valence-corrected chi connectivity index (χ0v) is 13.6. The highest BCUT2D eigenvalue weighted by atomic mass is 35.5. The molecule has 0 aliphatic rings. The Balaban J connectivity index is 2.14. The fourth-order valence-electron chi connectivity index (χ4n) is 2.00. The van der Waals surface area contributed by atoms with Gasteiger partial charge in [-0.2, -0.15) is 0 Å². The Morgan fingerprint density at radius 1 is 1.48 bits per heavy atom. The number of thiazole rings is 1. The van der Waals surface area contributed by atoms with Crippen molar-refractivity contribution < 1.29 is 4.79 Å². The number of nitrogens with one attached hydrogen (secondary N) is 1. The lowest BCUT2D eigenvalue weighted by molar-refractivity contribution is -0.120. The normalized spacial score (nSPS) is 13.7. The molecule has 0 spiro atoms. The Labute approximate surface area is 133 Å². The number of halogens is 1. The van der Waals surface area contributed by atoms with Crippen molar-refractivity contribution in [3.8, 4) is 11.3 Å². The van der Waals surface area contributed by atoms with Crippen molar-refractivity contribution in [2.45, 2.75) is 32.2 Å². The minimum Gasteiger partial charge on any atom is -0.318 e. The smallest absolute Gasteiger partial charge is 0.245 e. The molecule has 2 rings (SSSR count). The van der Waals surface area contributed by atoms with Crippen molar-refractivity contribution in [2.75, 3.05) is 5.32 Å². The summed E-state index contributed by atoms with van der Waals surface area (Å²) < 4.78 is 0. The SMILES string of the molecule is CCCC(C)(N)C(=O)Nc1nc(-c2ccccc2Cl)cs1. The summed E-state index contributed by atoms with van der Waals surface area (Å²) >= 11 is 7.50. The molecule has 1 unspecified atom stereocenters. The predicted octanol–water partition coefficient (Wildman–Crippen LogP) is 3.92. The van der Waals surface area contributed by atoms with Crippen molar-refractivity contribution in [1.82, 2.24) is 4.98 Å². The van der Waals surface area contributed by atoms with E-state index in [1.807, 2.05) is 36.6 Å².